The average molecular weight is 351 g/mol. The zero-order valence-corrected chi connectivity index (χ0v) is 12.3. The van der Waals surface area contributed by atoms with E-state index in [1.54, 1.807) is 0 Å². The number of halogens is 1. The molecule has 96 valence electrons. The van der Waals surface area contributed by atoms with Gasteiger partial charge in [-0.2, -0.15) is 0 Å². The van der Waals surface area contributed by atoms with Crippen LogP contribution in [0.25, 0.3) is 0 Å². The Bertz CT molecular complexity index is 393. The van der Waals surface area contributed by atoms with Gasteiger partial charge < -0.3 is 15.0 Å². The maximum atomic E-state index is 11.3. The molecule has 0 aliphatic carbocycles. The third-order valence-corrected chi connectivity index (χ3v) is 3.18. The predicted molar refractivity (Wildman–Crippen MR) is 76.3 cm³/mol. The van der Waals surface area contributed by atoms with Crippen LogP contribution < -0.4 is 10.9 Å². The van der Waals surface area contributed by atoms with Crippen molar-refractivity contribution in [3.63, 3.8) is 0 Å². The number of hydrogen-bond donors (Lipinski definition) is 2. The monoisotopic (exact) mass is 351 g/mol. The van der Waals surface area contributed by atoms with Crippen molar-refractivity contribution in [2.45, 2.75) is 20.3 Å². The molecule has 0 unspecified atom stereocenters. The van der Waals surface area contributed by atoms with Gasteiger partial charge in [0.25, 0.3) is 5.56 Å². The highest BCUT2D eigenvalue weighted by Crippen LogP contribution is 2.07. The fourth-order valence-electron chi connectivity index (χ4n) is 1.17. The summed E-state index contributed by atoms with van der Waals surface area (Å²) in [6.45, 7) is 6.40. The molecule has 17 heavy (non-hydrogen) atoms. The predicted octanol–water partition coefficient (Wildman–Crippen LogP) is 1.85. The Morgan fingerprint density at radius 2 is 2.29 bits per heavy atom. The van der Waals surface area contributed by atoms with Crippen LogP contribution in [0.15, 0.2) is 11.1 Å². The molecule has 0 aromatic carbocycles. The number of H-pyrrole nitrogens is 1. The number of aromatic amines is 1. The maximum absolute atomic E-state index is 11.3. The topological polar surface area (TPSA) is 67.0 Å². The molecule has 6 heteroatoms. The largest absolute Gasteiger partial charge is 0.380 e. The van der Waals surface area contributed by atoms with Gasteiger partial charge in [0.2, 0.25) is 0 Å². The molecule has 1 aromatic rings. The molecule has 1 aromatic heterocycles. The number of rotatable bonds is 7. The normalized spacial score (nSPS) is 10.8. The summed E-state index contributed by atoms with van der Waals surface area (Å²) in [5.41, 5.74) is -0.121. The van der Waals surface area contributed by atoms with Crippen LogP contribution in [0.5, 0.6) is 0 Å². The smallest absolute Gasteiger partial charge is 0.266 e. The van der Waals surface area contributed by atoms with Crippen LogP contribution in [-0.2, 0) is 4.74 Å². The van der Waals surface area contributed by atoms with Crippen molar-refractivity contribution >= 4 is 28.4 Å². The van der Waals surface area contributed by atoms with Gasteiger partial charge in [-0.15, -0.1) is 0 Å². The van der Waals surface area contributed by atoms with Crippen molar-refractivity contribution in [3.8, 4) is 0 Å². The number of nitrogens with one attached hydrogen (secondary N) is 2. The Balaban J connectivity index is 2.23. The molecule has 0 fully saturated rings. The second-order valence-electron chi connectivity index (χ2n) is 4.12. The highest BCUT2D eigenvalue weighted by Gasteiger charge is 2.03. The van der Waals surface area contributed by atoms with Gasteiger partial charge in [0.15, 0.2) is 0 Å². The van der Waals surface area contributed by atoms with Gasteiger partial charge in [-0.3, -0.25) is 4.79 Å². The fourth-order valence-corrected chi connectivity index (χ4v) is 1.65. The van der Waals surface area contributed by atoms with Gasteiger partial charge in [-0.25, -0.2) is 4.98 Å². The minimum absolute atomic E-state index is 0.121. The van der Waals surface area contributed by atoms with Gasteiger partial charge in [0.05, 0.1) is 12.9 Å². The molecule has 0 saturated heterocycles. The van der Waals surface area contributed by atoms with E-state index in [1.807, 2.05) is 22.6 Å². The molecule has 0 atom stereocenters. The van der Waals surface area contributed by atoms with Crippen LogP contribution in [0.1, 0.15) is 20.3 Å². The maximum Gasteiger partial charge on any atom is 0.266 e. The third kappa shape index (κ3) is 5.49. The van der Waals surface area contributed by atoms with Crippen LogP contribution in [0.3, 0.4) is 0 Å². The first-order valence-electron chi connectivity index (χ1n) is 5.66. The highest BCUT2D eigenvalue weighted by atomic mass is 127. The first-order chi connectivity index (χ1) is 8.11. The van der Waals surface area contributed by atoms with Crippen LogP contribution in [0.2, 0.25) is 0 Å². The average Bonchev–Trinajstić information content (AvgIpc) is 2.28. The van der Waals surface area contributed by atoms with Gasteiger partial charge in [0.1, 0.15) is 9.39 Å². The molecule has 1 rings (SSSR count). The molecule has 0 spiro atoms. The molecule has 0 aliphatic rings. The van der Waals surface area contributed by atoms with E-state index in [1.165, 1.54) is 6.33 Å². The summed E-state index contributed by atoms with van der Waals surface area (Å²) >= 11 is 1.97. The highest BCUT2D eigenvalue weighted by molar-refractivity contribution is 14.1. The summed E-state index contributed by atoms with van der Waals surface area (Å²) in [4.78, 5) is 17.8. The van der Waals surface area contributed by atoms with Gasteiger partial charge in [-0.05, 0) is 34.9 Å². The lowest BCUT2D eigenvalue weighted by Crippen LogP contribution is -2.17. The molecule has 0 saturated carbocycles. The van der Waals surface area contributed by atoms with Crippen molar-refractivity contribution in [2.75, 3.05) is 25.1 Å². The summed E-state index contributed by atoms with van der Waals surface area (Å²) in [6, 6.07) is 0. The van der Waals surface area contributed by atoms with Crippen molar-refractivity contribution in [1.29, 1.82) is 0 Å². The lowest BCUT2D eigenvalue weighted by Gasteiger charge is -2.08. The first kappa shape index (κ1) is 14.4. The number of ether oxygens (including phenoxy) is 1. The van der Waals surface area contributed by atoms with Crippen LogP contribution in [0, 0.1) is 9.49 Å². The standard InChI is InChI=1S/C11H18IN3O2/c1-8(2)3-5-17-6-4-13-10-9(12)11(16)15-7-14-10/h7-8H,3-6H2,1-2H3,(H2,13,14,15,16). The molecule has 0 bridgehead atoms. The first-order valence-corrected chi connectivity index (χ1v) is 6.74. The number of hydrogen-bond acceptors (Lipinski definition) is 4. The van der Waals surface area contributed by atoms with Crippen LogP contribution >= 0.6 is 22.6 Å². The lowest BCUT2D eigenvalue weighted by atomic mass is 10.1. The SMILES string of the molecule is CC(C)CCOCCNc1nc[nH]c(=O)c1I. The lowest BCUT2D eigenvalue weighted by molar-refractivity contribution is 0.132. The van der Waals surface area contributed by atoms with Crippen LogP contribution in [0.4, 0.5) is 5.82 Å². The molecular weight excluding hydrogens is 333 g/mol. The van der Waals surface area contributed by atoms with Gasteiger partial charge in [0, 0.05) is 13.2 Å². The van der Waals surface area contributed by atoms with E-state index in [2.05, 4.69) is 29.1 Å². The van der Waals surface area contributed by atoms with Crippen molar-refractivity contribution in [1.82, 2.24) is 9.97 Å². The van der Waals surface area contributed by atoms with E-state index in [0.29, 0.717) is 28.5 Å². The molecular formula is C11H18IN3O2. The van der Waals surface area contributed by atoms with E-state index in [-0.39, 0.29) is 5.56 Å². The molecule has 1 heterocycles. The fraction of sp³-hybridized carbons (Fsp3) is 0.636. The summed E-state index contributed by atoms with van der Waals surface area (Å²) in [7, 11) is 0. The molecule has 0 radical (unpaired) electrons. The van der Waals surface area contributed by atoms with Crippen molar-refractivity contribution < 1.29 is 4.74 Å². The molecule has 5 nitrogen and oxygen atoms in total. The number of nitrogens with zero attached hydrogens (tertiary/aromatic N) is 1. The van der Waals surface area contributed by atoms with Crippen molar-refractivity contribution in [2.24, 2.45) is 5.92 Å². The Kier molecular flexibility index (Phi) is 6.49. The van der Waals surface area contributed by atoms with E-state index in [4.69, 9.17) is 4.74 Å². The van der Waals surface area contributed by atoms with E-state index in [0.717, 1.165) is 13.0 Å². The quantitative estimate of drug-likeness (QED) is 0.581. The van der Waals surface area contributed by atoms with E-state index >= 15 is 0 Å². The van der Waals surface area contributed by atoms with Gasteiger partial charge >= 0.3 is 0 Å². The Labute approximate surface area is 115 Å². The third-order valence-electron chi connectivity index (χ3n) is 2.17. The Hall–Kier alpha value is -0.630. The second-order valence-corrected chi connectivity index (χ2v) is 5.19. The zero-order valence-electron chi connectivity index (χ0n) is 10.1. The summed E-state index contributed by atoms with van der Waals surface area (Å²) < 4.78 is 6.03. The minimum Gasteiger partial charge on any atom is -0.380 e. The zero-order chi connectivity index (χ0) is 12.7. The number of aromatic nitrogens is 2. The van der Waals surface area contributed by atoms with Gasteiger partial charge in [-0.1, -0.05) is 13.8 Å². The molecule has 0 aliphatic heterocycles. The Morgan fingerprint density at radius 1 is 1.53 bits per heavy atom. The minimum atomic E-state index is -0.121. The van der Waals surface area contributed by atoms with Crippen LogP contribution in [-0.4, -0.2) is 29.7 Å². The van der Waals surface area contributed by atoms with E-state index < -0.39 is 0 Å². The van der Waals surface area contributed by atoms with E-state index in [9.17, 15) is 4.79 Å². The summed E-state index contributed by atoms with van der Waals surface area (Å²) in [5, 5.41) is 3.08. The van der Waals surface area contributed by atoms with Crippen molar-refractivity contribution in [3.05, 3.63) is 20.3 Å². The second kappa shape index (κ2) is 7.65. The molecule has 2 N–H and O–H groups in total. The molecule has 0 amide bonds. The Morgan fingerprint density at radius 3 is 3.00 bits per heavy atom. The number of anilines is 1. The summed E-state index contributed by atoms with van der Waals surface area (Å²) in [6.07, 6.45) is 2.47. The summed E-state index contributed by atoms with van der Waals surface area (Å²) in [5.74, 6) is 1.28.